The van der Waals surface area contributed by atoms with E-state index in [2.05, 4.69) is 10.3 Å². The van der Waals surface area contributed by atoms with E-state index in [1.807, 2.05) is 16.7 Å². The molecule has 0 radical (unpaired) electrons. The number of nitrogens with two attached hydrogens (primary N) is 1. The topological polar surface area (TPSA) is 72.4 Å². The zero-order chi connectivity index (χ0) is 12.4. The first-order valence-corrected chi connectivity index (χ1v) is 5.60. The lowest BCUT2D eigenvalue weighted by Gasteiger charge is -2.04. The van der Waals surface area contributed by atoms with Crippen molar-refractivity contribution in [3.8, 4) is 0 Å². The molecule has 2 aromatic rings. The number of hydrogen-bond acceptors (Lipinski definition) is 3. The summed E-state index contributed by atoms with van der Waals surface area (Å²) in [6, 6.07) is 3.08. The average Bonchev–Trinajstić information content (AvgIpc) is 2.67. The molecule has 0 aliphatic carbocycles. The van der Waals surface area contributed by atoms with Gasteiger partial charge in [0, 0.05) is 12.4 Å². The van der Waals surface area contributed by atoms with Crippen LogP contribution in [0.15, 0.2) is 24.5 Å². The van der Waals surface area contributed by atoms with Crippen LogP contribution in [0.25, 0.3) is 5.65 Å². The molecule has 2 heterocycles. The second-order valence-electron chi connectivity index (χ2n) is 3.85. The summed E-state index contributed by atoms with van der Waals surface area (Å²) >= 11 is 5.86. The van der Waals surface area contributed by atoms with E-state index in [9.17, 15) is 4.79 Å². The summed E-state index contributed by atoms with van der Waals surface area (Å²) in [6.07, 6.45) is 3.59. The summed E-state index contributed by atoms with van der Waals surface area (Å²) in [5.74, 6) is -0.194. The number of halogens is 1. The summed E-state index contributed by atoms with van der Waals surface area (Å²) in [5.41, 5.74) is 7.00. The molecule has 1 amide bonds. The Morgan fingerprint density at radius 3 is 3.06 bits per heavy atom. The van der Waals surface area contributed by atoms with Crippen LogP contribution in [-0.4, -0.2) is 21.3 Å². The van der Waals surface area contributed by atoms with Crippen LogP contribution >= 0.6 is 11.6 Å². The molecular formula is C11H13ClN4O. The number of amides is 1. The van der Waals surface area contributed by atoms with Crippen molar-refractivity contribution in [3.05, 3.63) is 35.2 Å². The first-order chi connectivity index (χ1) is 8.06. The molecule has 0 aromatic carbocycles. The zero-order valence-corrected chi connectivity index (χ0v) is 10.1. The Morgan fingerprint density at radius 2 is 2.35 bits per heavy atom. The lowest BCUT2D eigenvalue weighted by atomic mass is 10.3. The molecule has 0 unspecified atom stereocenters. The second-order valence-corrected chi connectivity index (χ2v) is 4.29. The highest BCUT2D eigenvalue weighted by molar-refractivity contribution is 6.30. The number of aromatic nitrogens is 2. The molecule has 5 nitrogen and oxygen atoms in total. The van der Waals surface area contributed by atoms with Gasteiger partial charge in [0.15, 0.2) is 0 Å². The minimum atomic E-state index is -0.513. The number of carbonyl (C=O) groups is 1. The molecule has 0 spiro atoms. The third-order valence-electron chi connectivity index (χ3n) is 2.32. The van der Waals surface area contributed by atoms with Gasteiger partial charge in [-0.25, -0.2) is 4.98 Å². The zero-order valence-electron chi connectivity index (χ0n) is 9.35. The van der Waals surface area contributed by atoms with Crippen molar-refractivity contribution in [2.75, 3.05) is 0 Å². The maximum Gasteiger partial charge on any atom is 0.236 e. The fourth-order valence-electron chi connectivity index (χ4n) is 1.44. The molecule has 0 saturated heterocycles. The Bertz CT molecular complexity index is 549. The summed E-state index contributed by atoms with van der Waals surface area (Å²) < 4.78 is 1.82. The summed E-state index contributed by atoms with van der Waals surface area (Å²) in [6.45, 7) is 2.00. The maximum atomic E-state index is 11.3. The van der Waals surface area contributed by atoms with Gasteiger partial charge in [-0.1, -0.05) is 11.6 Å². The van der Waals surface area contributed by atoms with Gasteiger partial charge in [0.1, 0.15) is 5.65 Å². The first-order valence-electron chi connectivity index (χ1n) is 5.22. The van der Waals surface area contributed by atoms with Crippen LogP contribution in [0.3, 0.4) is 0 Å². The van der Waals surface area contributed by atoms with Gasteiger partial charge in [-0.2, -0.15) is 0 Å². The summed E-state index contributed by atoms with van der Waals surface area (Å²) in [7, 11) is 0. The molecule has 90 valence electrons. The van der Waals surface area contributed by atoms with Gasteiger partial charge in [-0.05, 0) is 19.1 Å². The van der Waals surface area contributed by atoms with Crippen molar-refractivity contribution in [1.82, 2.24) is 14.7 Å². The van der Waals surface area contributed by atoms with E-state index in [0.29, 0.717) is 11.6 Å². The number of imidazole rings is 1. The van der Waals surface area contributed by atoms with Gasteiger partial charge in [-0.3, -0.25) is 4.79 Å². The van der Waals surface area contributed by atoms with E-state index in [-0.39, 0.29) is 5.91 Å². The largest absolute Gasteiger partial charge is 0.349 e. The second kappa shape index (κ2) is 4.73. The Morgan fingerprint density at radius 1 is 1.59 bits per heavy atom. The van der Waals surface area contributed by atoms with E-state index in [0.717, 1.165) is 11.3 Å². The van der Waals surface area contributed by atoms with Crippen LogP contribution in [-0.2, 0) is 11.3 Å². The number of carbonyl (C=O) groups excluding carboxylic acids is 1. The smallest absolute Gasteiger partial charge is 0.236 e. The van der Waals surface area contributed by atoms with Gasteiger partial charge < -0.3 is 15.5 Å². The van der Waals surface area contributed by atoms with Gasteiger partial charge >= 0.3 is 0 Å². The Kier molecular flexibility index (Phi) is 3.31. The van der Waals surface area contributed by atoms with Crippen molar-refractivity contribution in [1.29, 1.82) is 0 Å². The predicted octanol–water partition coefficient (Wildman–Crippen LogP) is 0.951. The third-order valence-corrected chi connectivity index (χ3v) is 2.55. The molecule has 17 heavy (non-hydrogen) atoms. The molecule has 0 saturated carbocycles. The fraction of sp³-hybridized carbons (Fsp3) is 0.273. The van der Waals surface area contributed by atoms with Crippen LogP contribution in [0.1, 0.15) is 12.6 Å². The van der Waals surface area contributed by atoms with Gasteiger partial charge in [-0.15, -0.1) is 0 Å². The highest BCUT2D eigenvalue weighted by atomic mass is 35.5. The summed E-state index contributed by atoms with van der Waals surface area (Å²) in [4.78, 5) is 15.6. The lowest BCUT2D eigenvalue weighted by molar-refractivity contribution is -0.122. The summed E-state index contributed by atoms with van der Waals surface area (Å²) in [5, 5.41) is 3.34. The Labute approximate surface area is 104 Å². The molecule has 1 atom stereocenters. The van der Waals surface area contributed by atoms with E-state index >= 15 is 0 Å². The van der Waals surface area contributed by atoms with Crippen molar-refractivity contribution in [3.63, 3.8) is 0 Å². The highest BCUT2D eigenvalue weighted by Crippen LogP contribution is 2.11. The van der Waals surface area contributed by atoms with Crippen molar-refractivity contribution >= 4 is 23.2 Å². The molecular weight excluding hydrogens is 240 g/mol. The molecule has 0 aliphatic heterocycles. The van der Waals surface area contributed by atoms with E-state index in [1.165, 1.54) is 0 Å². The Hall–Kier alpha value is -1.59. The van der Waals surface area contributed by atoms with Crippen molar-refractivity contribution < 1.29 is 4.79 Å². The van der Waals surface area contributed by atoms with Crippen molar-refractivity contribution in [2.24, 2.45) is 5.73 Å². The van der Waals surface area contributed by atoms with Crippen molar-refractivity contribution in [2.45, 2.75) is 19.5 Å². The normalized spacial score (nSPS) is 12.6. The SMILES string of the molecule is C[C@@H](N)C(=O)NCc1cn2cc(Cl)ccc2n1. The minimum absolute atomic E-state index is 0.194. The van der Waals surface area contributed by atoms with Gasteiger partial charge in [0.25, 0.3) is 0 Å². The number of nitrogens with one attached hydrogen (secondary N) is 1. The molecule has 0 bridgehead atoms. The number of rotatable bonds is 3. The van der Waals surface area contributed by atoms with Crippen LogP contribution in [0, 0.1) is 0 Å². The molecule has 0 aliphatic rings. The fourth-order valence-corrected chi connectivity index (χ4v) is 1.61. The van der Waals surface area contributed by atoms with Gasteiger partial charge in [0.05, 0.1) is 23.3 Å². The number of fused-ring (bicyclic) bond motifs is 1. The molecule has 2 rings (SSSR count). The minimum Gasteiger partial charge on any atom is -0.349 e. The third kappa shape index (κ3) is 2.75. The standard InChI is InChI=1S/C11H13ClN4O/c1-7(13)11(17)14-4-9-6-16-5-8(12)2-3-10(16)15-9/h2-3,5-7H,4,13H2,1H3,(H,14,17)/t7-/m1/s1. The molecule has 3 N–H and O–H groups in total. The molecule has 0 fully saturated rings. The highest BCUT2D eigenvalue weighted by Gasteiger charge is 2.08. The van der Waals surface area contributed by atoms with Crippen LogP contribution in [0.4, 0.5) is 0 Å². The lowest BCUT2D eigenvalue weighted by Crippen LogP contribution is -2.37. The average molecular weight is 253 g/mol. The van der Waals surface area contributed by atoms with Crippen LogP contribution in [0.5, 0.6) is 0 Å². The Balaban J connectivity index is 2.12. The monoisotopic (exact) mass is 252 g/mol. The van der Waals surface area contributed by atoms with Crippen LogP contribution < -0.4 is 11.1 Å². The van der Waals surface area contributed by atoms with Gasteiger partial charge in [0.2, 0.25) is 5.91 Å². The first kappa shape index (κ1) is 11.9. The predicted molar refractivity (Wildman–Crippen MR) is 65.7 cm³/mol. The maximum absolute atomic E-state index is 11.3. The molecule has 2 aromatic heterocycles. The number of pyridine rings is 1. The molecule has 6 heteroatoms. The number of nitrogens with zero attached hydrogens (tertiary/aromatic N) is 2. The van der Waals surface area contributed by atoms with Crippen LogP contribution in [0.2, 0.25) is 5.02 Å². The van der Waals surface area contributed by atoms with E-state index in [1.54, 1.807) is 19.2 Å². The van der Waals surface area contributed by atoms with E-state index < -0.39 is 6.04 Å². The van der Waals surface area contributed by atoms with E-state index in [4.69, 9.17) is 17.3 Å². The quantitative estimate of drug-likeness (QED) is 0.854. The number of hydrogen-bond donors (Lipinski definition) is 2.